The highest BCUT2D eigenvalue weighted by Crippen LogP contribution is 2.11. The fourth-order valence-corrected chi connectivity index (χ4v) is 1.32. The second-order valence-corrected chi connectivity index (χ2v) is 3.19. The third-order valence-electron chi connectivity index (χ3n) is 1.17. The van der Waals surface area contributed by atoms with E-state index in [4.69, 9.17) is 5.84 Å². The summed E-state index contributed by atoms with van der Waals surface area (Å²) < 4.78 is 0. The molecule has 0 aliphatic heterocycles. The van der Waals surface area contributed by atoms with Crippen LogP contribution in [0.25, 0.3) is 0 Å². The summed E-state index contributed by atoms with van der Waals surface area (Å²) in [4.78, 5) is 5.11. The molecule has 0 aromatic carbocycles. The zero-order valence-electron chi connectivity index (χ0n) is 5.96. The predicted octanol–water partition coefficient (Wildman–Crippen LogP) is 1.13. The normalized spacial score (nSPS) is 12.0. The van der Waals surface area contributed by atoms with E-state index < -0.39 is 0 Å². The molecule has 1 rings (SSSR count). The Hall–Kier alpha value is -0.900. The smallest absolute Gasteiger partial charge is 0.0900 e. The van der Waals surface area contributed by atoms with Gasteiger partial charge in [0.2, 0.25) is 0 Å². The van der Waals surface area contributed by atoms with E-state index in [-0.39, 0.29) is 0 Å². The molecule has 0 bridgehead atoms. The van der Waals surface area contributed by atoms with Crippen molar-refractivity contribution >= 4 is 17.0 Å². The van der Waals surface area contributed by atoms with E-state index in [9.17, 15) is 0 Å². The van der Waals surface area contributed by atoms with E-state index in [1.165, 1.54) is 0 Å². The van der Waals surface area contributed by atoms with Gasteiger partial charge in [0, 0.05) is 6.20 Å². The molecule has 0 saturated carbocycles. The first-order chi connectivity index (χ1) is 4.74. The van der Waals surface area contributed by atoms with Crippen molar-refractivity contribution < 1.29 is 0 Å². The molecule has 0 aliphatic rings. The molecule has 3 nitrogen and oxygen atoms in total. The molecule has 0 unspecified atom stereocenters. The number of nitrogens with two attached hydrogens (primary N) is 1. The maximum Gasteiger partial charge on any atom is 0.0900 e. The van der Waals surface area contributed by atoms with Crippen molar-refractivity contribution in [2.24, 2.45) is 10.9 Å². The topological polar surface area (TPSA) is 51.3 Å². The molecule has 1 heterocycles. The summed E-state index contributed by atoms with van der Waals surface area (Å²) in [5, 5.41) is 4.60. The zero-order valence-corrected chi connectivity index (χ0v) is 6.77. The number of rotatable bonds is 1. The molecule has 0 atom stereocenters. The molecule has 0 fully saturated rings. The molecule has 0 aliphatic carbocycles. The summed E-state index contributed by atoms with van der Waals surface area (Å²) in [6.45, 7) is 3.82. The van der Waals surface area contributed by atoms with Crippen LogP contribution in [0.5, 0.6) is 0 Å². The molecule has 0 spiro atoms. The van der Waals surface area contributed by atoms with Gasteiger partial charge >= 0.3 is 0 Å². The Labute approximate surface area is 63.6 Å². The molecule has 4 heteroatoms. The lowest BCUT2D eigenvalue weighted by molar-refractivity contribution is 1.24. The van der Waals surface area contributed by atoms with Crippen LogP contribution in [-0.4, -0.2) is 10.7 Å². The molecule has 10 heavy (non-hydrogen) atoms. The van der Waals surface area contributed by atoms with Crippen LogP contribution in [0.1, 0.15) is 16.8 Å². The summed E-state index contributed by atoms with van der Waals surface area (Å²) in [6.07, 6.45) is 1.78. The first-order valence-electron chi connectivity index (χ1n) is 2.91. The van der Waals surface area contributed by atoms with Crippen LogP contribution in [0, 0.1) is 6.92 Å². The molecule has 0 amide bonds. The first kappa shape index (κ1) is 7.21. The summed E-state index contributed by atoms with van der Waals surface area (Å²) in [5.74, 6) is 5.08. The quantitative estimate of drug-likeness (QED) is 0.375. The van der Waals surface area contributed by atoms with Crippen LogP contribution >= 0.6 is 11.3 Å². The highest BCUT2D eigenvalue weighted by molar-refractivity contribution is 7.13. The summed E-state index contributed by atoms with van der Waals surface area (Å²) in [6, 6.07) is 0. The van der Waals surface area contributed by atoms with Crippen LogP contribution < -0.4 is 5.84 Å². The van der Waals surface area contributed by atoms with Gasteiger partial charge < -0.3 is 5.84 Å². The number of thiazole rings is 1. The Morgan fingerprint density at radius 3 is 2.90 bits per heavy atom. The van der Waals surface area contributed by atoms with Crippen molar-refractivity contribution in [1.82, 2.24) is 4.98 Å². The van der Waals surface area contributed by atoms with Crippen molar-refractivity contribution in [1.29, 1.82) is 0 Å². The minimum atomic E-state index is 0.839. The Kier molecular flexibility index (Phi) is 2.01. The van der Waals surface area contributed by atoms with Gasteiger partial charge in [-0.2, -0.15) is 5.10 Å². The average molecular weight is 155 g/mol. The second-order valence-electron chi connectivity index (χ2n) is 1.96. The number of aryl methyl sites for hydroxylation is 1. The monoisotopic (exact) mass is 155 g/mol. The minimum Gasteiger partial charge on any atom is -0.323 e. The zero-order chi connectivity index (χ0) is 7.56. The third kappa shape index (κ3) is 1.33. The highest BCUT2D eigenvalue weighted by Gasteiger charge is 1.99. The van der Waals surface area contributed by atoms with Gasteiger partial charge in [-0.15, -0.1) is 11.3 Å². The van der Waals surface area contributed by atoms with Gasteiger partial charge in [0.25, 0.3) is 0 Å². The van der Waals surface area contributed by atoms with E-state index in [2.05, 4.69) is 10.1 Å². The molecule has 1 aromatic heterocycles. The van der Waals surface area contributed by atoms with Crippen LogP contribution in [-0.2, 0) is 0 Å². The Morgan fingerprint density at radius 2 is 2.50 bits per heavy atom. The fourth-order valence-electron chi connectivity index (χ4n) is 0.592. The lowest BCUT2D eigenvalue weighted by atomic mass is 10.4. The maximum absolute atomic E-state index is 5.08. The fraction of sp³-hybridized carbons (Fsp3) is 0.333. The summed E-state index contributed by atoms with van der Waals surface area (Å²) in [5.41, 5.74) is 0.839. The van der Waals surface area contributed by atoms with Gasteiger partial charge in [-0.05, 0) is 13.8 Å². The van der Waals surface area contributed by atoms with Crippen LogP contribution in [0.3, 0.4) is 0 Å². The molecular formula is C6H9N3S. The molecule has 0 saturated heterocycles. The van der Waals surface area contributed by atoms with Gasteiger partial charge in [0.15, 0.2) is 0 Å². The first-order valence-corrected chi connectivity index (χ1v) is 3.73. The lowest BCUT2D eigenvalue weighted by Crippen LogP contribution is -1.94. The van der Waals surface area contributed by atoms with E-state index in [0.29, 0.717) is 0 Å². The molecular weight excluding hydrogens is 146 g/mol. The Bertz CT molecular complexity index is 251. The number of nitrogens with zero attached hydrogens (tertiary/aromatic N) is 2. The Morgan fingerprint density at radius 1 is 1.80 bits per heavy atom. The van der Waals surface area contributed by atoms with Gasteiger partial charge in [0.05, 0.1) is 15.6 Å². The predicted molar refractivity (Wildman–Crippen MR) is 43.2 cm³/mol. The molecule has 54 valence electrons. The molecule has 1 aromatic rings. The highest BCUT2D eigenvalue weighted by atomic mass is 32.1. The van der Waals surface area contributed by atoms with Crippen LogP contribution in [0.2, 0.25) is 0 Å². The Balaban J connectivity index is 2.95. The van der Waals surface area contributed by atoms with Gasteiger partial charge in [-0.3, -0.25) is 0 Å². The average Bonchev–Trinajstić information content (AvgIpc) is 2.34. The molecule has 2 N–H and O–H groups in total. The number of hydrogen-bond acceptors (Lipinski definition) is 4. The summed E-state index contributed by atoms with van der Waals surface area (Å²) in [7, 11) is 0. The number of hydrazone groups is 1. The SMILES string of the molecule is C/C(=N\N)c1cnc(C)s1. The van der Waals surface area contributed by atoms with Crippen molar-refractivity contribution in [3.63, 3.8) is 0 Å². The minimum absolute atomic E-state index is 0.839. The summed E-state index contributed by atoms with van der Waals surface area (Å²) >= 11 is 1.60. The van der Waals surface area contributed by atoms with Gasteiger partial charge in [-0.1, -0.05) is 0 Å². The van der Waals surface area contributed by atoms with Crippen molar-refractivity contribution in [3.05, 3.63) is 16.1 Å². The number of hydrogen-bond donors (Lipinski definition) is 1. The lowest BCUT2D eigenvalue weighted by Gasteiger charge is -1.87. The third-order valence-corrected chi connectivity index (χ3v) is 2.19. The van der Waals surface area contributed by atoms with Crippen molar-refractivity contribution in [2.45, 2.75) is 13.8 Å². The largest absolute Gasteiger partial charge is 0.323 e. The number of aromatic nitrogens is 1. The van der Waals surface area contributed by atoms with Crippen LogP contribution in [0.4, 0.5) is 0 Å². The van der Waals surface area contributed by atoms with E-state index in [0.717, 1.165) is 15.6 Å². The van der Waals surface area contributed by atoms with E-state index in [1.807, 2.05) is 13.8 Å². The van der Waals surface area contributed by atoms with Crippen molar-refractivity contribution in [3.8, 4) is 0 Å². The molecule has 0 radical (unpaired) electrons. The standard InChI is InChI=1S/C6H9N3S/c1-4(9-7)6-3-8-5(2)10-6/h3H,7H2,1-2H3/b9-4+. The van der Waals surface area contributed by atoms with E-state index in [1.54, 1.807) is 17.5 Å². The van der Waals surface area contributed by atoms with Crippen LogP contribution in [0.15, 0.2) is 11.3 Å². The van der Waals surface area contributed by atoms with Gasteiger partial charge in [-0.25, -0.2) is 4.98 Å². The van der Waals surface area contributed by atoms with Crippen molar-refractivity contribution in [2.75, 3.05) is 0 Å². The van der Waals surface area contributed by atoms with Gasteiger partial charge in [0.1, 0.15) is 0 Å². The maximum atomic E-state index is 5.08. The van der Waals surface area contributed by atoms with E-state index >= 15 is 0 Å². The second kappa shape index (κ2) is 2.79.